The normalized spacial score (nSPS) is 10.7. The lowest BCUT2D eigenvalue weighted by Gasteiger charge is -2.10. The van der Waals surface area contributed by atoms with Gasteiger partial charge in [-0.15, -0.1) is 0 Å². The van der Waals surface area contributed by atoms with Crippen LogP contribution in [-0.4, -0.2) is 32.8 Å². The highest BCUT2D eigenvalue weighted by Crippen LogP contribution is 2.17. The first-order valence-electron chi connectivity index (χ1n) is 6.48. The Morgan fingerprint density at radius 1 is 1.14 bits per heavy atom. The summed E-state index contributed by atoms with van der Waals surface area (Å²) in [5.74, 6) is -0.573. The van der Waals surface area contributed by atoms with Crippen molar-refractivity contribution in [1.29, 1.82) is 0 Å². The van der Waals surface area contributed by atoms with Gasteiger partial charge in [-0.3, -0.25) is 0 Å². The molecule has 1 aromatic carbocycles. The fourth-order valence-corrected chi connectivity index (χ4v) is 1.44. The molecule has 6 nitrogen and oxygen atoms in total. The SMILES string of the molecule is CCCOc1ccc(N/C(=C/C(=O)OC)C(=O)OC)cc1. The van der Waals surface area contributed by atoms with Crippen molar-refractivity contribution in [3.8, 4) is 5.75 Å². The van der Waals surface area contributed by atoms with Crippen LogP contribution in [0.5, 0.6) is 5.75 Å². The summed E-state index contributed by atoms with van der Waals surface area (Å²) >= 11 is 0. The zero-order valence-corrected chi connectivity index (χ0v) is 12.3. The number of nitrogens with one attached hydrogen (secondary N) is 1. The summed E-state index contributed by atoms with van der Waals surface area (Å²) in [5, 5.41) is 2.81. The van der Waals surface area contributed by atoms with Crippen LogP contribution in [0.15, 0.2) is 36.0 Å². The van der Waals surface area contributed by atoms with Crippen molar-refractivity contribution in [3.63, 3.8) is 0 Å². The molecule has 1 N–H and O–H groups in total. The smallest absolute Gasteiger partial charge is 0.354 e. The largest absolute Gasteiger partial charge is 0.494 e. The molecule has 21 heavy (non-hydrogen) atoms. The molecule has 0 radical (unpaired) electrons. The maximum absolute atomic E-state index is 11.6. The fourth-order valence-electron chi connectivity index (χ4n) is 1.44. The van der Waals surface area contributed by atoms with Crippen LogP contribution < -0.4 is 10.1 Å². The van der Waals surface area contributed by atoms with Gasteiger partial charge < -0.3 is 19.5 Å². The number of hydrogen-bond donors (Lipinski definition) is 1. The van der Waals surface area contributed by atoms with Crippen molar-refractivity contribution >= 4 is 17.6 Å². The highest BCUT2D eigenvalue weighted by atomic mass is 16.5. The fraction of sp³-hybridized carbons (Fsp3) is 0.333. The van der Waals surface area contributed by atoms with Crippen LogP contribution in [-0.2, 0) is 19.1 Å². The number of ether oxygens (including phenoxy) is 3. The summed E-state index contributed by atoms with van der Waals surface area (Å²) in [7, 11) is 2.46. The summed E-state index contributed by atoms with van der Waals surface area (Å²) < 4.78 is 14.6. The number of methoxy groups -OCH3 is 2. The number of anilines is 1. The van der Waals surface area contributed by atoms with Gasteiger partial charge >= 0.3 is 11.9 Å². The first-order chi connectivity index (χ1) is 10.1. The van der Waals surface area contributed by atoms with Gasteiger partial charge in [0.1, 0.15) is 11.4 Å². The molecule has 0 fully saturated rings. The Kier molecular flexibility index (Phi) is 6.80. The zero-order valence-electron chi connectivity index (χ0n) is 12.3. The molecule has 114 valence electrons. The molecule has 1 rings (SSSR count). The Morgan fingerprint density at radius 3 is 2.33 bits per heavy atom. The van der Waals surface area contributed by atoms with Gasteiger partial charge in [0.25, 0.3) is 0 Å². The minimum Gasteiger partial charge on any atom is -0.494 e. The van der Waals surface area contributed by atoms with Crippen LogP contribution >= 0.6 is 0 Å². The van der Waals surface area contributed by atoms with E-state index in [0.29, 0.717) is 12.3 Å². The van der Waals surface area contributed by atoms with E-state index in [2.05, 4.69) is 14.8 Å². The van der Waals surface area contributed by atoms with Crippen LogP contribution in [0, 0.1) is 0 Å². The van der Waals surface area contributed by atoms with E-state index in [4.69, 9.17) is 4.74 Å². The number of carbonyl (C=O) groups is 2. The minimum atomic E-state index is -0.660. The molecule has 0 aliphatic rings. The molecule has 0 bridgehead atoms. The second-order valence-electron chi connectivity index (χ2n) is 4.07. The molecule has 0 saturated carbocycles. The molecule has 0 atom stereocenters. The molecular weight excluding hydrogens is 274 g/mol. The highest BCUT2D eigenvalue weighted by molar-refractivity contribution is 5.98. The maximum Gasteiger partial charge on any atom is 0.354 e. The van der Waals surface area contributed by atoms with E-state index in [-0.39, 0.29) is 5.70 Å². The molecule has 0 saturated heterocycles. The first kappa shape index (κ1) is 16.6. The molecule has 0 amide bonds. The van der Waals surface area contributed by atoms with E-state index in [9.17, 15) is 9.59 Å². The van der Waals surface area contributed by atoms with E-state index in [1.165, 1.54) is 14.2 Å². The monoisotopic (exact) mass is 293 g/mol. The molecule has 1 aromatic rings. The minimum absolute atomic E-state index is 0.00780. The number of hydrogen-bond acceptors (Lipinski definition) is 6. The van der Waals surface area contributed by atoms with Gasteiger partial charge in [0.15, 0.2) is 0 Å². The van der Waals surface area contributed by atoms with Crippen LogP contribution in [0.3, 0.4) is 0 Å². The third-order valence-electron chi connectivity index (χ3n) is 2.47. The molecule has 0 spiro atoms. The Balaban J connectivity index is 2.81. The van der Waals surface area contributed by atoms with Gasteiger partial charge in [-0.25, -0.2) is 9.59 Å². The van der Waals surface area contributed by atoms with Crippen LogP contribution in [0.25, 0.3) is 0 Å². The van der Waals surface area contributed by atoms with Gasteiger partial charge in [0, 0.05) is 5.69 Å². The van der Waals surface area contributed by atoms with Crippen molar-refractivity contribution in [2.45, 2.75) is 13.3 Å². The van der Waals surface area contributed by atoms with Gasteiger partial charge in [0.2, 0.25) is 0 Å². The second kappa shape index (κ2) is 8.63. The summed E-state index contributed by atoms with van der Waals surface area (Å²) in [6.45, 7) is 2.67. The lowest BCUT2D eigenvalue weighted by Crippen LogP contribution is -2.15. The Bertz CT molecular complexity index is 507. The average molecular weight is 293 g/mol. The molecule has 0 unspecified atom stereocenters. The van der Waals surface area contributed by atoms with Crippen LogP contribution in [0.2, 0.25) is 0 Å². The van der Waals surface area contributed by atoms with E-state index < -0.39 is 11.9 Å². The van der Waals surface area contributed by atoms with E-state index >= 15 is 0 Å². The van der Waals surface area contributed by atoms with Crippen molar-refractivity contribution in [1.82, 2.24) is 0 Å². The quantitative estimate of drug-likeness (QED) is 0.613. The Hall–Kier alpha value is -2.50. The van der Waals surface area contributed by atoms with Gasteiger partial charge in [-0.1, -0.05) is 6.92 Å². The van der Waals surface area contributed by atoms with E-state index in [0.717, 1.165) is 18.2 Å². The molecule has 6 heteroatoms. The number of benzene rings is 1. The summed E-state index contributed by atoms with van der Waals surface area (Å²) in [6.07, 6.45) is 1.96. The maximum atomic E-state index is 11.6. The lowest BCUT2D eigenvalue weighted by molar-refractivity contribution is -0.138. The summed E-state index contributed by atoms with van der Waals surface area (Å²) in [6, 6.07) is 7.01. The van der Waals surface area contributed by atoms with Gasteiger partial charge in [-0.05, 0) is 30.7 Å². The molecule has 0 aliphatic heterocycles. The Morgan fingerprint density at radius 2 is 1.81 bits per heavy atom. The topological polar surface area (TPSA) is 73.9 Å². The van der Waals surface area contributed by atoms with E-state index in [1.807, 2.05) is 6.92 Å². The zero-order chi connectivity index (χ0) is 15.7. The van der Waals surface area contributed by atoms with Gasteiger partial charge in [-0.2, -0.15) is 0 Å². The standard InChI is InChI=1S/C15H19NO5/c1-4-9-21-12-7-5-11(6-8-12)16-13(15(18)20-3)10-14(17)19-2/h5-8,10,16H,4,9H2,1-3H3/b13-10+. The number of rotatable bonds is 7. The van der Waals surface area contributed by atoms with Gasteiger partial charge in [0.05, 0.1) is 26.9 Å². The predicted molar refractivity (Wildman–Crippen MR) is 78.0 cm³/mol. The third-order valence-corrected chi connectivity index (χ3v) is 2.47. The number of esters is 2. The summed E-state index contributed by atoms with van der Waals surface area (Å²) in [4.78, 5) is 22.8. The molecule has 0 heterocycles. The molecule has 0 aromatic heterocycles. The molecular formula is C15H19NO5. The summed E-state index contributed by atoms with van der Waals surface area (Å²) in [5.41, 5.74) is 0.617. The van der Waals surface area contributed by atoms with E-state index in [1.54, 1.807) is 24.3 Å². The van der Waals surface area contributed by atoms with Crippen molar-refractivity contribution < 1.29 is 23.8 Å². The average Bonchev–Trinajstić information content (AvgIpc) is 2.52. The number of carbonyl (C=O) groups excluding carboxylic acids is 2. The van der Waals surface area contributed by atoms with Crippen molar-refractivity contribution in [2.75, 3.05) is 26.1 Å². The molecule has 0 aliphatic carbocycles. The van der Waals surface area contributed by atoms with Crippen molar-refractivity contribution in [2.24, 2.45) is 0 Å². The highest BCUT2D eigenvalue weighted by Gasteiger charge is 2.12. The van der Waals surface area contributed by atoms with Crippen LogP contribution in [0.1, 0.15) is 13.3 Å². The predicted octanol–water partition coefficient (Wildman–Crippen LogP) is 2.12. The lowest BCUT2D eigenvalue weighted by atomic mass is 10.2. The first-order valence-corrected chi connectivity index (χ1v) is 6.48. The second-order valence-corrected chi connectivity index (χ2v) is 4.07. The Labute approximate surface area is 123 Å². The van der Waals surface area contributed by atoms with Crippen molar-refractivity contribution in [3.05, 3.63) is 36.0 Å². The van der Waals surface area contributed by atoms with Crippen LogP contribution in [0.4, 0.5) is 5.69 Å². The third kappa shape index (κ3) is 5.56.